The summed E-state index contributed by atoms with van der Waals surface area (Å²) in [5, 5.41) is 6.68. The number of hydrogen-bond acceptors (Lipinski definition) is 4. The molecule has 0 aromatic rings. The highest BCUT2D eigenvalue weighted by molar-refractivity contribution is 5.69. The van der Waals surface area contributed by atoms with E-state index < -0.39 is 0 Å². The van der Waals surface area contributed by atoms with Gasteiger partial charge in [-0.25, -0.2) is 0 Å². The molecule has 88 valence electrons. The Morgan fingerprint density at radius 1 is 1.60 bits per heavy atom. The predicted molar refractivity (Wildman–Crippen MR) is 59.7 cm³/mol. The average Bonchev–Trinajstić information content (AvgIpc) is 2.26. The van der Waals surface area contributed by atoms with Gasteiger partial charge in [-0.05, 0) is 45.3 Å². The molecular formula is C11H22N2O2. The molecule has 1 atom stereocenters. The van der Waals surface area contributed by atoms with Crippen molar-refractivity contribution in [3.8, 4) is 0 Å². The summed E-state index contributed by atoms with van der Waals surface area (Å²) in [5.74, 6) is 0.618. The van der Waals surface area contributed by atoms with Crippen LogP contribution in [-0.2, 0) is 9.53 Å². The summed E-state index contributed by atoms with van der Waals surface area (Å²) in [6.45, 7) is 6.30. The number of ether oxygens (including phenoxy) is 1. The van der Waals surface area contributed by atoms with Crippen LogP contribution in [0.3, 0.4) is 0 Å². The van der Waals surface area contributed by atoms with E-state index >= 15 is 0 Å². The fourth-order valence-electron chi connectivity index (χ4n) is 1.83. The highest BCUT2D eigenvalue weighted by Gasteiger charge is 2.12. The first kappa shape index (κ1) is 12.5. The largest absolute Gasteiger partial charge is 0.466 e. The Balaban J connectivity index is 1.93. The number of carbonyl (C=O) groups is 1. The topological polar surface area (TPSA) is 50.4 Å². The summed E-state index contributed by atoms with van der Waals surface area (Å²) >= 11 is 0. The Morgan fingerprint density at radius 2 is 2.47 bits per heavy atom. The van der Waals surface area contributed by atoms with E-state index in [1.54, 1.807) is 0 Å². The summed E-state index contributed by atoms with van der Waals surface area (Å²) < 4.78 is 4.84. The van der Waals surface area contributed by atoms with E-state index in [0.717, 1.165) is 32.1 Å². The molecule has 1 aliphatic rings. The van der Waals surface area contributed by atoms with Gasteiger partial charge < -0.3 is 15.4 Å². The van der Waals surface area contributed by atoms with Crippen molar-refractivity contribution in [2.45, 2.75) is 26.2 Å². The molecule has 0 aromatic heterocycles. The maximum atomic E-state index is 11.0. The van der Waals surface area contributed by atoms with Crippen molar-refractivity contribution in [1.82, 2.24) is 10.6 Å². The van der Waals surface area contributed by atoms with Crippen LogP contribution in [0.5, 0.6) is 0 Å². The number of hydrogen-bond donors (Lipinski definition) is 2. The van der Waals surface area contributed by atoms with E-state index in [0.29, 0.717) is 13.0 Å². The summed E-state index contributed by atoms with van der Waals surface area (Å²) in [6, 6.07) is 0. The van der Waals surface area contributed by atoms with Crippen molar-refractivity contribution >= 4 is 5.97 Å². The van der Waals surface area contributed by atoms with Crippen LogP contribution in [0.4, 0.5) is 0 Å². The number of nitrogens with one attached hydrogen (secondary N) is 2. The van der Waals surface area contributed by atoms with Crippen molar-refractivity contribution in [2.75, 3.05) is 32.8 Å². The summed E-state index contributed by atoms with van der Waals surface area (Å²) in [4.78, 5) is 11.0. The maximum absolute atomic E-state index is 11.0. The lowest BCUT2D eigenvalue weighted by atomic mass is 10.00. The summed E-state index contributed by atoms with van der Waals surface area (Å²) in [6.07, 6.45) is 3.04. The number of carbonyl (C=O) groups excluding carboxylic acids is 1. The van der Waals surface area contributed by atoms with Gasteiger partial charge in [0.15, 0.2) is 0 Å². The van der Waals surface area contributed by atoms with Crippen LogP contribution in [0.25, 0.3) is 0 Å². The Kier molecular flexibility index (Phi) is 6.36. The second kappa shape index (κ2) is 7.65. The third-order valence-electron chi connectivity index (χ3n) is 2.64. The first-order valence-electron chi connectivity index (χ1n) is 5.90. The standard InChI is InChI=1S/C11H22N2O2/c1-2-15-11(14)5-7-13-9-10-4-3-6-12-8-10/h10,12-13H,2-9H2,1H3. The zero-order chi connectivity index (χ0) is 10.9. The van der Waals surface area contributed by atoms with E-state index in [1.807, 2.05) is 6.92 Å². The van der Waals surface area contributed by atoms with Gasteiger partial charge in [0, 0.05) is 6.54 Å². The zero-order valence-corrected chi connectivity index (χ0v) is 9.55. The van der Waals surface area contributed by atoms with Gasteiger partial charge in [-0.3, -0.25) is 4.79 Å². The third kappa shape index (κ3) is 5.74. The molecule has 1 heterocycles. The van der Waals surface area contributed by atoms with Gasteiger partial charge >= 0.3 is 5.97 Å². The van der Waals surface area contributed by atoms with Gasteiger partial charge in [0.2, 0.25) is 0 Å². The molecule has 0 bridgehead atoms. The van der Waals surface area contributed by atoms with Crippen molar-refractivity contribution in [2.24, 2.45) is 5.92 Å². The highest BCUT2D eigenvalue weighted by Crippen LogP contribution is 2.07. The third-order valence-corrected chi connectivity index (χ3v) is 2.64. The van der Waals surface area contributed by atoms with Gasteiger partial charge in [-0.15, -0.1) is 0 Å². The maximum Gasteiger partial charge on any atom is 0.307 e. The molecule has 1 rings (SSSR count). The molecule has 1 aliphatic heterocycles. The quantitative estimate of drug-likeness (QED) is 0.500. The number of esters is 1. The van der Waals surface area contributed by atoms with Gasteiger partial charge in [0.05, 0.1) is 13.0 Å². The van der Waals surface area contributed by atoms with Crippen molar-refractivity contribution < 1.29 is 9.53 Å². The van der Waals surface area contributed by atoms with E-state index in [1.165, 1.54) is 12.8 Å². The molecule has 0 aliphatic carbocycles. The fraction of sp³-hybridized carbons (Fsp3) is 0.909. The minimum absolute atomic E-state index is 0.105. The molecule has 1 fully saturated rings. The van der Waals surface area contributed by atoms with Crippen LogP contribution in [0.2, 0.25) is 0 Å². The van der Waals surface area contributed by atoms with Crippen LogP contribution in [-0.4, -0.2) is 38.8 Å². The van der Waals surface area contributed by atoms with Crippen molar-refractivity contribution in [3.05, 3.63) is 0 Å². The second-order valence-electron chi connectivity index (χ2n) is 3.97. The van der Waals surface area contributed by atoms with Crippen LogP contribution in [0, 0.1) is 5.92 Å². The SMILES string of the molecule is CCOC(=O)CCNCC1CCCNC1. The fourth-order valence-corrected chi connectivity index (χ4v) is 1.83. The highest BCUT2D eigenvalue weighted by atomic mass is 16.5. The molecule has 0 aromatic carbocycles. The van der Waals surface area contributed by atoms with Crippen LogP contribution in [0.15, 0.2) is 0 Å². The Bertz CT molecular complexity index is 179. The Labute approximate surface area is 91.8 Å². The first-order chi connectivity index (χ1) is 7.33. The Hall–Kier alpha value is -0.610. The van der Waals surface area contributed by atoms with E-state index in [4.69, 9.17) is 4.74 Å². The molecule has 0 amide bonds. The molecular weight excluding hydrogens is 192 g/mol. The number of rotatable bonds is 6. The lowest BCUT2D eigenvalue weighted by Gasteiger charge is -2.22. The zero-order valence-electron chi connectivity index (χ0n) is 9.55. The second-order valence-corrected chi connectivity index (χ2v) is 3.97. The summed E-state index contributed by atoms with van der Waals surface area (Å²) in [5.41, 5.74) is 0. The predicted octanol–water partition coefficient (Wildman–Crippen LogP) is 0.529. The average molecular weight is 214 g/mol. The van der Waals surface area contributed by atoms with E-state index in [9.17, 15) is 4.79 Å². The minimum Gasteiger partial charge on any atom is -0.466 e. The van der Waals surface area contributed by atoms with Crippen molar-refractivity contribution in [3.63, 3.8) is 0 Å². The molecule has 4 heteroatoms. The van der Waals surface area contributed by atoms with Gasteiger partial charge in [-0.2, -0.15) is 0 Å². The van der Waals surface area contributed by atoms with Gasteiger partial charge in [0.25, 0.3) is 0 Å². The lowest BCUT2D eigenvalue weighted by Crippen LogP contribution is -2.36. The summed E-state index contributed by atoms with van der Waals surface area (Å²) in [7, 11) is 0. The lowest BCUT2D eigenvalue weighted by molar-refractivity contribution is -0.142. The molecule has 1 saturated heterocycles. The number of piperidine rings is 1. The molecule has 2 N–H and O–H groups in total. The minimum atomic E-state index is -0.105. The van der Waals surface area contributed by atoms with Crippen molar-refractivity contribution in [1.29, 1.82) is 0 Å². The van der Waals surface area contributed by atoms with Crippen LogP contribution in [0.1, 0.15) is 26.2 Å². The van der Waals surface area contributed by atoms with Crippen LogP contribution >= 0.6 is 0 Å². The molecule has 0 saturated carbocycles. The molecule has 1 unspecified atom stereocenters. The molecule has 0 radical (unpaired) electrons. The van der Waals surface area contributed by atoms with E-state index in [2.05, 4.69) is 10.6 Å². The smallest absolute Gasteiger partial charge is 0.307 e. The first-order valence-corrected chi connectivity index (χ1v) is 5.90. The monoisotopic (exact) mass is 214 g/mol. The van der Waals surface area contributed by atoms with Gasteiger partial charge in [-0.1, -0.05) is 0 Å². The normalized spacial score (nSPS) is 21.3. The van der Waals surface area contributed by atoms with E-state index in [-0.39, 0.29) is 5.97 Å². The molecule has 0 spiro atoms. The van der Waals surface area contributed by atoms with Crippen LogP contribution < -0.4 is 10.6 Å². The molecule has 15 heavy (non-hydrogen) atoms. The molecule has 4 nitrogen and oxygen atoms in total. The Morgan fingerprint density at radius 3 is 3.13 bits per heavy atom. The van der Waals surface area contributed by atoms with Gasteiger partial charge in [0.1, 0.15) is 0 Å².